The van der Waals surface area contributed by atoms with Gasteiger partial charge in [-0.1, -0.05) is 36.4 Å². The minimum absolute atomic E-state index is 0.183. The molecule has 2 fully saturated rings. The van der Waals surface area contributed by atoms with E-state index in [4.69, 9.17) is 9.47 Å². The number of carbonyl (C=O) groups excluding carboxylic acids is 1. The third-order valence-electron chi connectivity index (χ3n) is 6.47. The van der Waals surface area contributed by atoms with Gasteiger partial charge in [0, 0.05) is 25.7 Å². The monoisotopic (exact) mass is 422 g/mol. The molecule has 0 heterocycles. The van der Waals surface area contributed by atoms with Gasteiger partial charge in [-0.05, 0) is 61.8 Å². The molecular weight excluding hydrogens is 388 g/mol. The van der Waals surface area contributed by atoms with E-state index in [1.54, 1.807) is 7.11 Å². The van der Waals surface area contributed by atoms with Crippen LogP contribution in [0.2, 0.25) is 0 Å². The largest absolute Gasteiger partial charge is 0.493 e. The van der Waals surface area contributed by atoms with E-state index in [1.165, 1.54) is 25.7 Å². The van der Waals surface area contributed by atoms with Crippen molar-refractivity contribution < 1.29 is 14.3 Å². The second-order valence-electron chi connectivity index (χ2n) is 8.99. The third-order valence-corrected chi connectivity index (χ3v) is 6.47. The summed E-state index contributed by atoms with van der Waals surface area (Å²) in [4.78, 5) is 17.2. The summed E-state index contributed by atoms with van der Waals surface area (Å²) in [6.07, 6.45) is 5.09. The van der Waals surface area contributed by atoms with E-state index < -0.39 is 0 Å². The molecule has 0 saturated heterocycles. The number of benzene rings is 2. The molecule has 0 bridgehead atoms. The Bertz CT molecular complexity index is 877. The lowest BCUT2D eigenvalue weighted by Gasteiger charge is -2.30. The maximum absolute atomic E-state index is 12.9. The van der Waals surface area contributed by atoms with Gasteiger partial charge in [0.2, 0.25) is 5.91 Å². The molecule has 2 saturated carbocycles. The van der Waals surface area contributed by atoms with Crippen LogP contribution in [0.4, 0.5) is 0 Å². The number of amides is 1. The van der Waals surface area contributed by atoms with Gasteiger partial charge in [-0.25, -0.2) is 0 Å². The zero-order chi connectivity index (χ0) is 21.8. The highest BCUT2D eigenvalue weighted by atomic mass is 16.5. The lowest BCUT2D eigenvalue weighted by molar-refractivity contribution is -0.132. The highest BCUT2D eigenvalue weighted by Gasteiger charge is 2.40. The van der Waals surface area contributed by atoms with E-state index in [1.807, 2.05) is 60.5 Å². The lowest BCUT2D eigenvalue weighted by atomic mass is 10.1. The fourth-order valence-corrected chi connectivity index (χ4v) is 4.17. The molecule has 2 aliphatic rings. The Morgan fingerprint density at radius 3 is 2.42 bits per heavy atom. The van der Waals surface area contributed by atoms with Gasteiger partial charge in [-0.2, -0.15) is 0 Å². The molecule has 0 aliphatic heterocycles. The Labute approximate surface area is 185 Å². The standard InChI is InChI=1S/C26H34N2O3/c1-19(22-10-11-22)28(23-12-13-23)17-26(29)27(2)16-21-9-14-24(25(15-21)30-3)31-18-20-7-5-4-6-8-20/h4-9,14-15,19,22-23H,10-13,16-18H2,1-3H3/t19-/m0/s1. The minimum atomic E-state index is 0.183. The maximum Gasteiger partial charge on any atom is 0.236 e. The highest BCUT2D eigenvalue weighted by molar-refractivity contribution is 5.78. The number of nitrogens with zero attached hydrogens (tertiary/aromatic N) is 2. The highest BCUT2D eigenvalue weighted by Crippen LogP contribution is 2.39. The van der Waals surface area contributed by atoms with Crippen molar-refractivity contribution in [1.29, 1.82) is 0 Å². The van der Waals surface area contributed by atoms with Crippen LogP contribution < -0.4 is 9.47 Å². The molecule has 0 unspecified atom stereocenters. The average Bonchev–Trinajstić information content (AvgIpc) is 3.69. The molecule has 0 spiro atoms. The summed E-state index contributed by atoms with van der Waals surface area (Å²) in [6, 6.07) is 17.1. The van der Waals surface area contributed by atoms with Crippen LogP contribution in [0.3, 0.4) is 0 Å². The molecule has 5 heteroatoms. The molecule has 1 atom stereocenters. The van der Waals surface area contributed by atoms with E-state index >= 15 is 0 Å². The van der Waals surface area contributed by atoms with E-state index in [0.717, 1.165) is 17.0 Å². The zero-order valence-corrected chi connectivity index (χ0v) is 18.9. The van der Waals surface area contributed by atoms with Crippen LogP contribution in [0.1, 0.15) is 43.7 Å². The number of ether oxygens (including phenoxy) is 2. The Balaban J connectivity index is 1.34. The molecule has 4 rings (SSSR count). The van der Waals surface area contributed by atoms with Gasteiger partial charge < -0.3 is 14.4 Å². The Morgan fingerprint density at radius 2 is 1.77 bits per heavy atom. The Morgan fingerprint density at radius 1 is 1.03 bits per heavy atom. The van der Waals surface area contributed by atoms with Crippen LogP contribution in [0.25, 0.3) is 0 Å². The molecule has 0 N–H and O–H groups in total. The number of likely N-dealkylation sites (N-methyl/N-ethyl adjacent to an activating group) is 1. The molecule has 2 aromatic rings. The quantitative estimate of drug-likeness (QED) is 0.535. The van der Waals surface area contributed by atoms with Gasteiger partial charge in [0.15, 0.2) is 11.5 Å². The van der Waals surface area contributed by atoms with Crippen LogP contribution in [-0.4, -0.2) is 48.5 Å². The van der Waals surface area contributed by atoms with Gasteiger partial charge in [0.1, 0.15) is 6.61 Å². The Kier molecular flexibility index (Phi) is 6.81. The topological polar surface area (TPSA) is 42.0 Å². The first-order valence-electron chi connectivity index (χ1n) is 11.4. The van der Waals surface area contributed by atoms with Gasteiger partial charge >= 0.3 is 0 Å². The van der Waals surface area contributed by atoms with Crippen molar-refractivity contribution in [2.75, 3.05) is 20.7 Å². The third kappa shape index (κ3) is 5.79. The van der Waals surface area contributed by atoms with Gasteiger partial charge in [0.05, 0.1) is 13.7 Å². The van der Waals surface area contributed by atoms with Crippen molar-refractivity contribution in [2.45, 2.75) is 57.8 Å². The van der Waals surface area contributed by atoms with Crippen LogP contribution >= 0.6 is 0 Å². The first kappa shape index (κ1) is 21.7. The molecule has 31 heavy (non-hydrogen) atoms. The van der Waals surface area contributed by atoms with Crippen LogP contribution in [0, 0.1) is 5.92 Å². The number of rotatable bonds is 11. The van der Waals surface area contributed by atoms with Gasteiger partial charge in [-0.3, -0.25) is 9.69 Å². The summed E-state index contributed by atoms with van der Waals surface area (Å²) in [5, 5.41) is 0. The summed E-state index contributed by atoms with van der Waals surface area (Å²) in [5.74, 6) is 2.37. The smallest absolute Gasteiger partial charge is 0.236 e. The lowest BCUT2D eigenvalue weighted by Crippen LogP contribution is -2.44. The van der Waals surface area contributed by atoms with Crippen molar-refractivity contribution in [3.63, 3.8) is 0 Å². The second-order valence-corrected chi connectivity index (χ2v) is 8.99. The number of hydrogen-bond acceptors (Lipinski definition) is 4. The Hall–Kier alpha value is -2.53. The summed E-state index contributed by atoms with van der Waals surface area (Å²) < 4.78 is 11.5. The predicted molar refractivity (Wildman–Crippen MR) is 122 cm³/mol. The number of hydrogen-bond donors (Lipinski definition) is 0. The van der Waals surface area contributed by atoms with E-state index in [2.05, 4.69) is 11.8 Å². The number of carbonyl (C=O) groups is 1. The summed E-state index contributed by atoms with van der Waals surface area (Å²) in [6.45, 7) is 3.87. The average molecular weight is 423 g/mol. The second kappa shape index (κ2) is 9.73. The van der Waals surface area contributed by atoms with E-state index in [-0.39, 0.29) is 5.91 Å². The van der Waals surface area contributed by atoms with Crippen molar-refractivity contribution in [1.82, 2.24) is 9.80 Å². The van der Waals surface area contributed by atoms with Crippen molar-refractivity contribution in [3.05, 3.63) is 59.7 Å². The molecule has 166 valence electrons. The van der Waals surface area contributed by atoms with E-state index in [0.29, 0.717) is 43.3 Å². The van der Waals surface area contributed by atoms with Gasteiger partial charge in [-0.15, -0.1) is 0 Å². The maximum atomic E-state index is 12.9. The molecule has 0 radical (unpaired) electrons. The van der Waals surface area contributed by atoms with Crippen LogP contribution in [0.5, 0.6) is 11.5 Å². The molecule has 1 amide bonds. The molecular formula is C26H34N2O3. The zero-order valence-electron chi connectivity index (χ0n) is 18.9. The van der Waals surface area contributed by atoms with Crippen LogP contribution in [-0.2, 0) is 17.9 Å². The fourth-order valence-electron chi connectivity index (χ4n) is 4.17. The van der Waals surface area contributed by atoms with Crippen molar-refractivity contribution in [3.8, 4) is 11.5 Å². The number of methoxy groups -OCH3 is 1. The molecule has 2 aromatic carbocycles. The SMILES string of the molecule is COc1cc(CN(C)C(=O)CN(C2CC2)[C@@H](C)C2CC2)ccc1OCc1ccccc1. The predicted octanol–water partition coefficient (Wildman–Crippen LogP) is 4.50. The molecule has 5 nitrogen and oxygen atoms in total. The minimum Gasteiger partial charge on any atom is -0.493 e. The summed E-state index contributed by atoms with van der Waals surface area (Å²) in [7, 11) is 3.54. The summed E-state index contributed by atoms with van der Waals surface area (Å²) in [5.41, 5.74) is 2.15. The van der Waals surface area contributed by atoms with Crippen LogP contribution in [0.15, 0.2) is 48.5 Å². The van der Waals surface area contributed by atoms with Crippen molar-refractivity contribution in [2.24, 2.45) is 5.92 Å². The van der Waals surface area contributed by atoms with Gasteiger partial charge in [0.25, 0.3) is 0 Å². The first-order chi connectivity index (χ1) is 15.0. The van der Waals surface area contributed by atoms with Crippen molar-refractivity contribution >= 4 is 5.91 Å². The molecule has 0 aromatic heterocycles. The molecule has 2 aliphatic carbocycles. The van der Waals surface area contributed by atoms with E-state index in [9.17, 15) is 4.79 Å². The summed E-state index contributed by atoms with van der Waals surface area (Å²) >= 11 is 0. The normalized spacial score (nSPS) is 16.8. The first-order valence-corrected chi connectivity index (χ1v) is 11.4. The fraction of sp³-hybridized carbons (Fsp3) is 0.500.